The zero-order chi connectivity index (χ0) is 17.9. The standard InChI is InChI=1S/C20H29N3O2/c1-15-17(10-6-12-21-15)22-19(25)20(2)11-7-13-23(14-20)18(24)16-8-4-3-5-9-16/h3-5,8-9,15,17,21H,6-7,10-14H2,1-2H3,(H,22,25). The van der Waals surface area contributed by atoms with Crippen LogP contribution in [0.1, 0.15) is 49.9 Å². The molecule has 0 spiro atoms. The molecule has 2 heterocycles. The molecule has 2 aliphatic rings. The fraction of sp³-hybridized carbons (Fsp3) is 0.600. The maximum absolute atomic E-state index is 13.0. The van der Waals surface area contributed by atoms with Gasteiger partial charge in [-0.1, -0.05) is 18.2 Å². The number of amides is 2. The zero-order valence-corrected chi connectivity index (χ0v) is 15.3. The Labute approximate surface area is 150 Å². The monoisotopic (exact) mass is 343 g/mol. The summed E-state index contributed by atoms with van der Waals surface area (Å²) >= 11 is 0. The molecule has 0 bridgehead atoms. The van der Waals surface area contributed by atoms with Crippen molar-refractivity contribution in [1.82, 2.24) is 15.5 Å². The van der Waals surface area contributed by atoms with Gasteiger partial charge >= 0.3 is 0 Å². The summed E-state index contributed by atoms with van der Waals surface area (Å²) in [5.41, 5.74) is 0.178. The van der Waals surface area contributed by atoms with E-state index >= 15 is 0 Å². The summed E-state index contributed by atoms with van der Waals surface area (Å²) in [6.45, 7) is 6.34. The lowest BCUT2D eigenvalue weighted by Crippen LogP contribution is -2.58. The number of carbonyl (C=O) groups excluding carboxylic acids is 2. The third-order valence-electron chi connectivity index (χ3n) is 5.63. The first-order valence-corrected chi connectivity index (χ1v) is 9.38. The van der Waals surface area contributed by atoms with Gasteiger partial charge in [0, 0.05) is 30.7 Å². The maximum atomic E-state index is 13.0. The third-order valence-corrected chi connectivity index (χ3v) is 5.63. The van der Waals surface area contributed by atoms with Gasteiger partial charge < -0.3 is 15.5 Å². The Hall–Kier alpha value is -1.88. The Bertz CT molecular complexity index is 619. The van der Waals surface area contributed by atoms with Gasteiger partial charge in [-0.3, -0.25) is 9.59 Å². The third kappa shape index (κ3) is 4.03. The highest BCUT2D eigenvalue weighted by atomic mass is 16.2. The quantitative estimate of drug-likeness (QED) is 0.884. The molecule has 0 saturated carbocycles. The molecule has 1 aromatic rings. The number of likely N-dealkylation sites (tertiary alicyclic amines) is 1. The van der Waals surface area contributed by atoms with E-state index in [4.69, 9.17) is 0 Å². The molecule has 1 aromatic carbocycles. The average molecular weight is 343 g/mol. The van der Waals surface area contributed by atoms with Crippen molar-refractivity contribution in [3.63, 3.8) is 0 Å². The maximum Gasteiger partial charge on any atom is 0.253 e. The fourth-order valence-corrected chi connectivity index (χ4v) is 3.95. The van der Waals surface area contributed by atoms with Crippen molar-refractivity contribution in [2.45, 2.75) is 51.6 Å². The molecular formula is C20H29N3O2. The Morgan fingerprint density at radius 1 is 1.24 bits per heavy atom. The van der Waals surface area contributed by atoms with Crippen LogP contribution in [0.5, 0.6) is 0 Å². The summed E-state index contributed by atoms with van der Waals surface area (Å²) < 4.78 is 0. The van der Waals surface area contributed by atoms with Crippen molar-refractivity contribution in [2.75, 3.05) is 19.6 Å². The molecule has 0 aliphatic carbocycles. The molecule has 25 heavy (non-hydrogen) atoms. The first-order chi connectivity index (χ1) is 12.0. The van der Waals surface area contributed by atoms with Crippen molar-refractivity contribution in [3.8, 4) is 0 Å². The zero-order valence-electron chi connectivity index (χ0n) is 15.3. The van der Waals surface area contributed by atoms with Crippen molar-refractivity contribution < 1.29 is 9.59 Å². The minimum atomic E-state index is -0.514. The predicted octanol–water partition coefficient (Wildman–Crippen LogP) is 2.19. The van der Waals surface area contributed by atoms with Crippen LogP contribution in [-0.2, 0) is 4.79 Å². The van der Waals surface area contributed by atoms with Crippen LogP contribution in [0.3, 0.4) is 0 Å². The highest BCUT2D eigenvalue weighted by Crippen LogP contribution is 2.31. The Kier molecular flexibility index (Phi) is 5.42. The molecule has 2 N–H and O–H groups in total. The van der Waals surface area contributed by atoms with Gasteiger partial charge in [0.2, 0.25) is 5.91 Å². The van der Waals surface area contributed by atoms with Crippen molar-refractivity contribution in [2.24, 2.45) is 5.41 Å². The molecule has 2 aliphatic heterocycles. The van der Waals surface area contributed by atoms with Gasteiger partial charge in [-0.05, 0) is 58.2 Å². The van der Waals surface area contributed by atoms with Gasteiger partial charge in [0.25, 0.3) is 5.91 Å². The van der Waals surface area contributed by atoms with E-state index in [9.17, 15) is 9.59 Å². The van der Waals surface area contributed by atoms with Crippen LogP contribution in [0.2, 0.25) is 0 Å². The lowest BCUT2D eigenvalue weighted by molar-refractivity contribution is -0.133. The van der Waals surface area contributed by atoms with E-state index in [1.807, 2.05) is 42.2 Å². The SMILES string of the molecule is CC1NCCCC1NC(=O)C1(C)CCCN(C(=O)c2ccccc2)C1. The number of nitrogens with one attached hydrogen (secondary N) is 2. The number of hydrogen-bond donors (Lipinski definition) is 2. The number of carbonyl (C=O) groups is 2. The summed E-state index contributed by atoms with van der Waals surface area (Å²) in [6.07, 6.45) is 3.79. The molecular weight excluding hydrogens is 314 g/mol. The second-order valence-corrected chi connectivity index (χ2v) is 7.72. The first-order valence-electron chi connectivity index (χ1n) is 9.38. The van der Waals surface area contributed by atoms with E-state index < -0.39 is 5.41 Å². The highest BCUT2D eigenvalue weighted by Gasteiger charge is 2.40. The van der Waals surface area contributed by atoms with E-state index in [2.05, 4.69) is 17.6 Å². The van der Waals surface area contributed by atoms with Crippen LogP contribution in [-0.4, -0.2) is 48.4 Å². The first kappa shape index (κ1) is 17.9. The molecule has 5 nitrogen and oxygen atoms in total. The topological polar surface area (TPSA) is 61.4 Å². The minimum absolute atomic E-state index is 0.0204. The van der Waals surface area contributed by atoms with Gasteiger partial charge in [-0.15, -0.1) is 0 Å². The van der Waals surface area contributed by atoms with E-state index in [-0.39, 0.29) is 17.9 Å². The molecule has 2 amide bonds. The molecule has 136 valence electrons. The Morgan fingerprint density at radius 3 is 2.72 bits per heavy atom. The van der Waals surface area contributed by atoms with Crippen LogP contribution >= 0.6 is 0 Å². The highest BCUT2D eigenvalue weighted by molar-refractivity contribution is 5.95. The van der Waals surface area contributed by atoms with Crippen molar-refractivity contribution in [1.29, 1.82) is 0 Å². The number of benzene rings is 1. The Balaban J connectivity index is 1.66. The number of nitrogens with zero attached hydrogens (tertiary/aromatic N) is 1. The Morgan fingerprint density at radius 2 is 2.00 bits per heavy atom. The average Bonchev–Trinajstić information content (AvgIpc) is 2.63. The van der Waals surface area contributed by atoms with Crippen LogP contribution < -0.4 is 10.6 Å². The summed E-state index contributed by atoms with van der Waals surface area (Å²) in [7, 11) is 0. The molecule has 3 unspecified atom stereocenters. The van der Waals surface area contributed by atoms with Crippen LogP contribution in [0.15, 0.2) is 30.3 Å². The largest absolute Gasteiger partial charge is 0.351 e. The number of piperidine rings is 2. The van der Waals surface area contributed by atoms with Crippen LogP contribution in [0.25, 0.3) is 0 Å². The second kappa shape index (κ2) is 7.56. The summed E-state index contributed by atoms with van der Waals surface area (Å²) in [5.74, 6) is 0.102. The number of hydrogen-bond acceptors (Lipinski definition) is 3. The van der Waals surface area contributed by atoms with Gasteiger partial charge in [-0.2, -0.15) is 0 Å². The predicted molar refractivity (Wildman–Crippen MR) is 98.3 cm³/mol. The van der Waals surface area contributed by atoms with Gasteiger partial charge in [0.1, 0.15) is 0 Å². The van der Waals surface area contributed by atoms with E-state index in [0.29, 0.717) is 18.2 Å². The van der Waals surface area contributed by atoms with Gasteiger partial charge in [-0.25, -0.2) is 0 Å². The number of rotatable bonds is 3. The van der Waals surface area contributed by atoms with Gasteiger partial charge in [0.05, 0.1) is 5.41 Å². The molecule has 2 saturated heterocycles. The van der Waals surface area contributed by atoms with Crippen molar-refractivity contribution >= 4 is 11.8 Å². The lowest BCUT2D eigenvalue weighted by Gasteiger charge is -2.41. The molecule has 0 aromatic heterocycles. The molecule has 0 radical (unpaired) electrons. The molecule has 5 heteroatoms. The smallest absolute Gasteiger partial charge is 0.253 e. The molecule has 3 rings (SSSR count). The summed E-state index contributed by atoms with van der Waals surface area (Å²) in [4.78, 5) is 27.5. The van der Waals surface area contributed by atoms with E-state index in [1.54, 1.807) is 0 Å². The van der Waals surface area contributed by atoms with Crippen molar-refractivity contribution in [3.05, 3.63) is 35.9 Å². The van der Waals surface area contributed by atoms with Crippen LogP contribution in [0.4, 0.5) is 0 Å². The summed E-state index contributed by atoms with van der Waals surface area (Å²) in [5, 5.41) is 6.66. The minimum Gasteiger partial charge on any atom is -0.351 e. The molecule has 3 atom stereocenters. The van der Waals surface area contributed by atoms with E-state index in [0.717, 1.165) is 38.8 Å². The summed E-state index contributed by atoms with van der Waals surface area (Å²) in [6, 6.07) is 9.81. The lowest BCUT2D eigenvalue weighted by atomic mass is 9.80. The van der Waals surface area contributed by atoms with E-state index in [1.165, 1.54) is 0 Å². The van der Waals surface area contributed by atoms with Crippen LogP contribution in [0, 0.1) is 5.41 Å². The normalized spacial score (nSPS) is 29.9. The fourth-order valence-electron chi connectivity index (χ4n) is 3.95. The molecule has 2 fully saturated rings. The second-order valence-electron chi connectivity index (χ2n) is 7.72. The van der Waals surface area contributed by atoms with Gasteiger partial charge in [0.15, 0.2) is 0 Å².